The minimum absolute atomic E-state index is 0.0238. The molecule has 2 saturated carbocycles. The Morgan fingerprint density at radius 1 is 1.10 bits per heavy atom. The first kappa shape index (κ1) is 21.4. The van der Waals surface area contributed by atoms with Crippen LogP contribution in [0.2, 0.25) is 0 Å². The molecule has 3 rings (SSSR count). The van der Waals surface area contributed by atoms with Gasteiger partial charge in [-0.05, 0) is 38.3 Å². The van der Waals surface area contributed by atoms with Crippen molar-refractivity contribution in [3.05, 3.63) is 30.3 Å². The highest BCUT2D eigenvalue weighted by molar-refractivity contribution is 7.92. The number of ether oxygens (including phenoxy) is 2. The van der Waals surface area contributed by atoms with Gasteiger partial charge in [0.1, 0.15) is 5.41 Å². The van der Waals surface area contributed by atoms with Crippen molar-refractivity contribution in [1.82, 2.24) is 0 Å². The van der Waals surface area contributed by atoms with Gasteiger partial charge in [-0.1, -0.05) is 18.2 Å². The molecule has 2 aliphatic rings. The van der Waals surface area contributed by atoms with Crippen molar-refractivity contribution >= 4 is 27.6 Å². The van der Waals surface area contributed by atoms with Crippen molar-refractivity contribution in [1.29, 1.82) is 0 Å². The lowest BCUT2D eigenvalue weighted by molar-refractivity contribution is -0.162. The molecule has 1 aromatic carbocycles. The van der Waals surface area contributed by atoms with Crippen LogP contribution < -0.4 is 5.73 Å². The highest BCUT2D eigenvalue weighted by Gasteiger charge is 2.79. The van der Waals surface area contributed by atoms with Crippen molar-refractivity contribution in [2.24, 2.45) is 28.9 Å². The molecule has 9 heteroatoms. The van der Waals surface area contributed by atoms with Crippen LogP contribution in [0, 0.1) is 23.2 Å². The molecule has 0 heterocycles. The number of nitrogens with two attached hydrogens (primary N) is 1. The number of esters is 2. The van der Waals surface area contributed by atoms with E-state index in [0.717, 1.165) is 0 Å². The normalized spacial score (nSPS) is 30.3. The molecule has 29 heavy (non-hydrogen) atoms. The second-order valence-electron chi connectivity index (χ2n) is 7.30. The minimum Gasteiger partial charge on any atom is -0.466 e. The number of carbonyl (C=O) groups excluding carboxylic acids is 3. The molecule has 0 aromatic heterocycles. The van der Waals surface area contributed by atoms with Crippen LogP contribution in [-0.4, -0.2) is 51.1 Å². The van der Waals surface area contributed by atoms with E-state index in [1.165, 1.54) is 12.1 Å². The second-order valence-corrected chi connectivity index (χ2v) is 9.47. The highest BCUT2D eigenvalue weighted by Crippen LogP contribution is 2.69. The van der Waals surface area contributed by atoms with Gasteiger partial charge in [-0.3, -0.25) is 14.4 Å². The van der Waals surface area contributed by atoms with E-state index in [1.807, 2.05) is 0 Å². The number of fused-ring (bicyclic) bond motifs is 1. The topological polar surface area (TPSA) is 130 Å². The van der Waals surface area contributed by atoms with Crippen molar-refractivity contribution < 1.29 is 32.3 Å². The predicted octanol–water partition coefficient (Wildman–Crippen LogP) is 0.735. The smallest absolute Gasteiger partial charge is 0.320 e. The maximum absolute atomic E-state index is 13.3. The third-order valence-electron chi connectivity index (χ3n) is 5.95. The number of carbonyl (C=O) groups is 3. The SMILES string of the molecule is CCOC(=O)C1C2C1C(C(=O)CN)(C(=O)OCC)CC2S(=O)(=O)c1ccccc1. The maximum atomic E-state index is 13.3. The molecule has 0 amide bonds. The van der Waals surface area contributed by atoms with Crippen LogP contribution in [0.15, 0.2) is 35.2 Å². The van der Waals surface area contributed by atoms with Gasteiger partial charge in [0.25, 0.3) is 0 Å². The molecule has 0 saturated heterocycles. The second kappa shape index (κ2) is 7.87. The van der Waals surface area contributed by atoms with Crippen LogP contribution in [0.25, 0.3) is 0 Å². The molecule has 8 nitrogen and oxygen atoms in total. The van der Waals surface area contributed by atoms with Crippen molar-refractivity contribution in [2.45, 2.75) is 30.4 Å². The lowest BCUT2D eigenvalue weighted by Crippen LogP contribution is -2.47. The van der Waals surface area contributed by atoms with Crippen LogP contribution >= 0.6 is 0 Å². The zero-order chi connectivity index (χ0) is 21.4. The molecule has 1 aromatic rings. The number of Topliss-reactive ketones (excluding diaryl/α,β-unsaturated/α-hetero) is 1. The lowest BCUT2D eigenvalue weighted by Gasteiger charge is -2.29. The summed E-state index contributed by atoms with van der Waals surface area (Å²) >= 11 is 0. The van der Waals surface area contributed by atoms with Crippen LogP contribution in [0.4, 0.5) is 0 Å². The van der Waals surface area contributed by atoms with Crippen LogP contribution in [0.3, 0.4) is 0 Å². The maximum Gasteiger partial charge on any atom is 0.320 e. The summed E-state index contributed by atoms with van der Waals surface area (Å²) in [6, 6.07) is 7.80. The van der Waals surface area contributed by atoms with E-state index < -0.39 is 62.5 Å². The summed E-state index contributed by atoms with van der Waals surface area (Å²) in [6.45, 7) is 2.92. The number of ketones is 1. The number of sulfone groups is 1. The molecule has 0 radical (unpaired) electrons. The van der Waals surface area contributed by atoms with Gasteiger partial charge >= 0.3 is 11.9 Å². The van der Waals surface area contributed by atoms with Gasteiger partial charge in [-0.15, -0.1) is 0 Å². The van der Waals surface area contributed by atoms with Crippen molar-refractivity contribution in [3.8, 4) is 0 Å². The van der Waals surface area contributed by atoms with E-state index in [0.29, 0.717) is 0 Å². The quantitative estimate of drug-likeness (QED) is 0.479. The zero-order valence-electron chi connectivity index (χ0n) is 16.4. The minimum atomic E-state index is -3.90. The molecule has 5 atom stereocenters. The lowest BCUT2D eigenvalue weighted by atomic mass is 9.76. The standard InChI is InChI=1S/C20H25NO7S/c1-3-27-18(23)16-15-13(29(25,26)12-8-6-5-7-9-12)10-20(17(15)16,14(22)11-21)19(24)28-4-2/h5-9,13,15-17H,3-4,10-11,21H2,1-2H3. The van der Waals surface area contributed by atoms with E-state index >= 15 is 0 Å². The van der Waals surface area contributed by atoms with Gasteiger partial charge in [-0.25, -0.2) is 8.42 Å². The number of hydrogen-bond donors (Lipinski definition) is 1. The van der Waals surface area contributed by atoms with E-state index in [-0.39, 0.29) is 24.5 Å². The van der Waals surface area contributed by atoms with Gasteiger partial charge < -0.3 is 15.2 Å². The molecule has 0 spiro atoms. The molecule has 2 N–H and O–H groups in total. The molecule has 0 aliphatic heterocycles. The number of hydrogen-bond acceptors (Lipinski definition) is 8. The molecule has 5 unspecified atom stereocenters. The Hall–Kier alpha value is -2.26. The summed E-state index contributed by atoms with van der Waals surface area (Å²) in [6.07, 6.45) is -0.246. The van der Waals surface area contributed by atoms with Crippen LogP contribution in [0.1, 0.15) is 20.3 Å². The third-order valence-corrected chi connectivity index (χ3v) is 8.16. The first-order chi connectivity index (χ1) is 13.8. The highest BCUT2D eigenvalue weighted by atomic mass is 32.2. The summed E-state index contributed by atoms with van der Waals surface area (Å²) in [4.78, 5) is 38.3. The van der Waals surface area contributed by atoms with Gasteiger partial charge in [0.2, 0.25) is 0 Å². The Kier molecular flexibility index (Phi) is 5.82. The first-order valence-corrected chi connectivity index (χ1v) is 11.2. The van der Waals surface area contributed by atoms with Crippen LogP contribution in [0.5, 0.6) is 0 Å². The molecule has 0 bridgehead atoms. The number of benzene rings is 1. The van der Waals surface area contributed by atoms with Gasteiger partial charge in [0.15, 0.2) is 15.6 Å². The van der Waals surface area contributed by atoms with E-state index in [4.69, 9.17) is 15.2 Å². The molecule has 2 fully saturated rings. The Bertz CT molecular complexity index is 914. The fraction of sp³-hybridized carbons (Fsp3) is 0.550. The van der Waals surface area contributed by atoms with Gasteiger partial charge in [-0.2, -0.15) is 0 Å². The summed E-state index contributed by atoms with van der Waals surface area (Å²) < 4.78 is 36.9. The van der Waals surface area contributed by atoms with Crippen LogP contribution in [-0.2, 0) is 33.7 Å². The predicted molar refractivity (Wildman–Crippen MR) is 102 cm³/mol. The Morgan fingerprint density at radius 3 is 2.28 bits per heavy atom. The largest absolute Gasteiger partial charge is 0.466 e. The fourth-order valence-electron chi connectivity index (χ4n) is 4.74. The first-order valence-electron chi connectivity index (χ1n) is 9.63. The molecule has 2 aliphatic carbocycles. The summed E-state index contributed by atoms with van der Waals surface area (Å²) in [5, 5.41) is -1.08. The fourth-order valence-corrected chi connectivity index (χ4v) is 6.86. The van der Waals surface area contributed by atoms with E-state index in [2.05, 4.69) is 0 Å². The third kappa shape index (κ3) is 3.26. The summed E-state index contributed by atoms with van der Waals surface area (Å²) in [7, 11) is -3.90. The van der Waals surface area contributed by atoms with Crippen molar-refractivity contribution in [2.75, 3.05) is 19.8 Å². The summed E-state index contributed by atoms with van der Waals surface area (Å²) in [5.41, 5.74) is 3.82. The van der Waals surface area contributed by atoms with E-state index in [1.54, 1.807) is 32.0 Å². The Labute approximate surface area is 169 Å². The zero-order valence-corrected chi connectivity index (χ0v) is 17.2. The Balaban J connectivity index is 2.09. The number of rotatable bonds is 8. The summed E-state index contributed by atoms with van der Waals surface area (Å²) in [5.74, 6) is -4.37. The van der Waals surface area contributed by atoms with E-state index in [9.17, 15) is 22.8 Å². The molecular weight excluding hydrogens is 398 g/mol. The monoisotopic (exact) mass is 423 g/mol. The molecule has 158 valence electrons. The van der Waals surface area contributed by atoms with Gasteiger partial charge in [0.05, 0.1) is 35.8 Å². The Morgan fingerprint density at radius 2 is 1.72 bits per heavy atom. The average molecular weight is 423 g/mol. The van der Waals surface area contributed by atoms with Crippen molar-refractivity contribution in [3.63, 3.8) is 0 Å². The van der Waals surface area contributed by atoms with Gasteiger partial charge in [0, 0.05) is 5.92 Å². The average Bonchev–Trinajstić information content (AvgIpc) is 3.34. The molecular formula is C20H25NO7S.